The summed E-state index contributed by atoms with van der Waals surface area (Å²) in [4.78, 5) is 17.8. The maximum absolute atomic E-state index is 12.3. The number of hydrogen-bond acceptors (Lipinski definition) is 6. The zero-order chi connectivity index (χ0) is 16.9. The first kappa shape index (κ1) is 16.5. The number of methoxy groups -OCH3 is 1. The Bertz CT molecular complexity index is 847. The molecule has 0 atom stereocenters. The third-order valence-electron chi connectivity index (χ3n) is 3.33. The summed E-state index contributed by atoms with van der Waals surface area (Å²) in [6.07, 6.45) is 2.03. The fraction of sp³-hybridized carbons (Fsp3) is 0.118. The van der Waals surface area contributed by atoms with Crippen molar-refractivity contribution < 1.29 is 9.53 Å². The van der Waals surface area contributed by atoms with Crippen LogP contribution in [-0.4, -0.2) is 28.6 Å². The van der Waals surface area contributed by atoms with Crippen LogP contribution in [0.25, 0.3) is 11.4 Å². The van der Waals surface area contributed by atoms with Crippen molar-refractivity contribution >= 4 is 34.3 Å². The summed E-state index contributed by atoms with van der Waals surface area (Å²) in [5.41, 5.74) is 1.43. The molecular formula is C17H15N3O2S2. The predicted octanol–water partition coefficient (Wildman–Crippen LogP) is 4.19. The highest BCUT2D eigenvalue weighted by atomic mass is 32.2. The van der Waals surface area contributed by atoms with E-state index in [-0.39, 0.29) is 5.91 Å². The van der Waals surface area contributed by atoms with Crippen LogP contribution >= 0.6 is 23.3 Å². The average Bonchev–Trinajstić information content (AvgIpc) is 3.10. The molecule has 122 valence electrons. The van der Waals surface area contributed by atoms with Gasteiger partial charge in [0.25, 0.3) is 5.91 Å². The van der Waals surface area contributed by atoms with Gasteiger partial charge >= 0.3 is 0 Å². The van der Waals surface area contributed by atoms with Crippen LogP contribution in [0.5, 0.6) is 5.75 Å². The molecule has 7 heteroatoms. The first-order valence-corrected chi connectivity index (χ1v) is 9.13. The molecule has 24 heavy (non-hydrogen) atoms. The monoisotopic (exact) mass is 357 g/mol. The minimum absolute atomic E-state index is 0.241. The van der Waals surface area contributed by atoms with Crippen LogP contribution in [0.4, 0.5) is 5.13 Å². The van der Waals surface area contributed by atoms with Gasteiger partial charge in [0.15, 0.2) is 5.82 Å². The molecule has 5 nitrogen and oxygen atoms in total. The third-order valence-corrected chi connectivity index (χ3v) is 4.70. The zero-order valence-corrected chi connectivity index (χ0v) is 14.8. The van der Waals surface area contributed by atoms with Gasteiger partial charge in [-0.25, -0.2) is 0 Å². The van der Waals surface area contributed by atoms with Gasteiger partial charge in [0.2, 0.25) is 5.13 Å². The molecule has 3 aromatic rings. The minimum atomic E-state index is -0.241. The molecule has 0 saturated heterocycles. The molecule has 0 unspecified atom stereocenters. The van der Waals surface area contributed by atoms with E-state index in [2.05, 4.69) is 14.7 Å². The molecule has 0 spiro atoms. The molecule has 0 saturated carbocycles. The molecule has 1 heterocycles. The number of hydrogen-bond donors (Lipinski definition) is 1. The fourth-order valence-electron chi connectivity index (χ4n) is 2.07. The number of benzene rings is 2. The van der Waals surface area contributed by atoms with Gasteiger partial charge in [-0.05, 0) is 36.6 Å². The van der Waals surface area contributed by atoms with Crippen molar-refractivity contribution in [2.75, 3.05) is 18.7 Å². The zero-order valence-electron chi connectivity index (χ0n) is 13.1. The van der Waals surface area contributed by atoms with Crippen LogP contribution in [-0.2, 0) is 0 Å². The van der Waals surface area contributed by atoms with Gasteiger partial charge in [-0.3, -0.25) is 10.1 Å². The minimum Gasteiger partial charge on any atom is -0.497 e. The molecular weight excluding hydrogens is 342 g/mol. The van der Waals surface area contributed by atoms with E-state index in [4.69, 9.17) is 4.74 Å². The number of aromatic nitrogens is 2. The summed E-state index contributed by atoms with van der Waals surface area (Å²) in [6, 6.07) is 15.0. The van der Waals surface area contributed by atoms with Gasteiger partial charge in [-0.1, -0.05) is 18.2 Å². The van der Waals surface area contributed by atoms with Gasteiger partial charge in [0.05, 0.1) is 7.11 Å². The highest BCUT2D eigenvalue weighted by Crippen LogP contribution is 2.24. The summed E-state index contributed by atoms with van der Waals surface area (Å²) in [5.74, 6) is 0.998. The first-order valence-electron chi connectivity index (χ1n) is 7.13. The predicted molar refractivity (Wildman–Crippen MR) is 98.1 cm³/mol. The lowest BCUT2D eigenvalue weighted by Gasteiger charge is -2.03. The van der Waals surface area contributed by atoms with Crippen molar-refractivity contribution in [1.82, 2.24) is 9.36 Å². The van der Waals surface area contributed by atoms with E-state index in [1.54, 1.807) is 43.1 Å². The first-order chi connectivity index (χ1) is 11.7. The van der Waals surface area contributed by atoms with Gasteiger partial charge in [-0.2, -0.15) is 9.36 Å². The molecule has 0 aliphatic rings. The second kappa shape index (κ2) is 7.46. The van der Waals surface area contributed by atoms with Crippen molar-refractivity contribution in [3.8, 4) is 17.1 Å². The Labute approximate surface area is 148 Å². The van der Waals surface area contributed by atoms with E-state index in [0.717, 1.165) is 17.1 Å². The van der Waals surface area contributed by atoms with Crippen LogP contribution in [0, 0.1) is 0 Å². The van der Waals surface area contributed by atoms with E-state index >= 15 is 0 Å². The van der Waals surface area contributed by atoms with Crippen molar-refractivity contribution in [1.29, 1.82) is 0 Å². The van der Waals surface area contributed by atoms with Gasteiger partial charge in [0, 0.05) is 27.6 Å². The molecule has 1 amide bonds. The second-order valence-electron chi connectivity index (χ2n) is 4.84. The molecule has 0 radical (unpaired) electrons. The lowest BCUT2D eigenvalue weighted by Crippen LogP contribution is -2.11. The lowest BCUT2D eigenvalue weighted by atomic mass is 10.2. The Morgan fingerprint density at radius 2 is 2.00 bits per heavy atom. The summed E-state index contributed by atoms with van der Waals surface area (Å²) in [6.45, 7) is 0. The fourth-order valence-corrected chi connectivity index (χ4v) is 3.06. The molecule has 1 aromatic heterocycles. The van der Waals surface area contributed by atoms with Crippen molar-refractivity contribution in [2.45, 2.75) is 4.90 Å². The van der Waals surface area contributed by atoms with Crippen molar-refractivity contribution in [3.63, 3.8) is 0 Å². The molecule has 0 bridgehead atoms. The standard InChI is InChI=1S/C17H15N3O2S2/c1-22-13-5-3-4-12(10-13)16(21)19-17-18-15(20-24-17)11-6-8-14(23-2)9-7-11/h3-10H,1-2H3,(H,18,19,20,21). The molecule has 0 aliphatic carbocycles. The SMILES string of the molecule is COc1cccc(C(=O)Nc2nc(-c3ccc(SC)cc3)ns2)c1. The van der Waals surface area contributed by atoms with E-state index in [1.807, 2.05) is 30.5 Å². The van der Waals surface area contributed by atoms with Crippen LogP contribution in [0.1, 0.15) is 10.4 Å². The van der Waals surface area contributed by atoms with Crippen molar-refractivity contribution in [3.05, 3.63) is 54.1 Å². The van der Waals surface area contributed by atoms with Gasteiger partial charge in [0.1, 0.15) is 5.75 Å². The highest BCUT2D eigenvalue weighted by Gasteiger charge is 2.12. The van der Waals surface area contributed by atoms with Crippen molar-refractivity contribution in [2.24, 2.45) is 0 Å². The largest absolute Gasteiger partial charge is 0.497 e. The number of thioether (sulfide) groups is 1. The Kier molecular flexibility index (Phi) is 5.12. The molecule has 3 rings (SSSR count). The Morgan fingerprint density at radius 3 is 2.71 bits per heavy atom. The van der Waals surface area contributed by atoms with Crippen LogP contribution in [0.3, 0.4) is 0 Å². The number of anilines is 1. The Hall–Kier alpha value is -2.38. The van der Waals surface area contributed by atoms with Gasteiger partial charge in [-0.15, -0.1) is 11.8 Å². The molecule has 2 aromatic carbocycles. The Morgan fingerprint density at radius 1 is 1.21 bits per heavy atom. The van der Waals surface area contributed by atoms with E-state index < -0.39 is 0 Å². The number of nitrogens with zero attached hydrogens (tertiary/aromatic N) is 2. The normalized spacial score (nSPS) is 10.4. The number of nitrogens with one attached hydrogen (secondary N) is 1. The van der Waals surface area contributed by atoms with E-state index in [1.165, 1.54) is 4.90 Å². The number of carbonyl (C=O) groups is 1. The number of rotatable bonds is 5. The third kappa shape index (κ3) is 3.74. The maximum Gasteiger partial charge on any atom is 0.257 e. The molecule has 1 N–H and O–H groups in total. The Balaban J connectivity index is 1.74. The number of amides is 1. The summed E-state index contributed by atoms with van der Waals surface area (Å²) < 4.78 is 9.44. The summed E-state index contributed by atoms with van der Waals surface area (Å²) in [7, 11) is 1.57. The molecule has 0 aliphatic heterocycles. The summed E-state index contributed by atoms with van der Waals surface area (Å²) in [5, 5.41) is 3.23. The smallest absolute Gasteiger partial charge is 0.257 e. The second-order valence-corrected chi connectivity index (χ2v) is 6.47. The van der Waals surface area contributed by atoms with Crippen LogP contribution in [0.2, 0.25) is 0 Å². The highest BCUT2D eigenvalue weighted by molar-refractivity contribution is 7.98. The average molecular weight is 357 g/mol. The quantitative estimate of drug-likeness (QED) is 0.694. The maximum atomic E-state index is 12.3. The van der Waals surface area contributed by atoms with Crippen LogP contribution < -0.4 is 10.1 Å². The van der Waals surface area contributed by atoms with Gasteiger partial charge < -0.3 is 4.74 Å². The van der Waals surface area contributed by atoms with Crippen LogP contribution in [0.15, 0.2) is 53.4 Å². The summed E-state index contributed by atoms with van der Waals surface area (Å²) >= 11 is 2.84. The van der Waals surface area contributed by atoms with E-state index in [9.17, 15) is 4.79 Å². The number of carbonyl (C=O) groups excluding carboxylic acids is 1. The topological polar surface area (TPSA) is 64.1 Å². The number of ether oxygens (including phenoxy) is 1. The lowest BCUT2D eigenvalue weighted by molar-refractivity contribution is 0.102. The molecule has 0 fully saturated rings. The van der Waals surface area contributed by atoms with E-state index in [0.29, 0.717) is 22.3 Å².